The highest BCUT2D eigenvalue weighted by Gasteiger charge is 2.13. The number of hydrogen-bond acceptors (Lipinski definition) is 1. The van der Waals surface area contributed by atoms with Gasteiger partial charge in [-0.2, -0.15) is 0 Å². The third-order valence-corrected chi connectivity index (χ3v) is 4.78. The second-order valence-electron chi connectivity index (χ2n) is 5.50. The fraction of sp³-hybridized carbons (Fsp3) is 0.538. The van der Waals surface area contributed by atoms with Gasteiger partial charge in [0, 0.05) is 25.3 Å². The van der Waals surface area contributed by atoms with Crippen molar-refractivity contribution in [2.45, 2.75) is 39.2 Å². The first-order valence-corrected chi connectivity index (χ1v) is 9.91. The Labute approximate surface area is 109 Å². The van der Waals surface area contributed by atoms with Crippen LogP contribution >= 0.6 is 11.6 Å². The zero-order valence-corrected chi connectivity index (χ0v) is 12.7. The van der Waals surface area contributed by atoms with E-state index in [9.17, 15) is 4.39 Å². The maximum Gasteiger partial charge on any atom is 0.126 e. The lowest BCUT2D eigenvalue weighted by molar-refractivity contribution is 0.132. The summed E-state index contributed by atoms with van der Waals surface area (Å²) in [4.78, 5) is 0. The van der Waals surface area contributed by atoms with Crippen LogP contribution in [0.25, 0.3) is 0 Å². The highest BCUT2D eigenvalue weighted by Crippen LogP contribution is 2.23. The van der Waals surface area contributed by atoms with Gasteiger partial charge in [0.25, 0.3) is 0 Å². The molecule has 0 amide bonds. The summed E-state index contributed by atoms with van der Waals surface area (Å²) in [6.45, 7) is 9.76. The van der Waals surface area contributed by atoms with E-state index in [-0.39, 0.29) is 5.82 Å². The van der Waals surface area contributed by atoms with Gasteiger partial charge < -0.3 is 4.74 Å². The molecule has 96 valence electrons. The Morgan fingerprint density at radius 1 is 1.29 bits per heavy atom. The summed E-state index contributed by atoms with van der Waals surface area (Å²) >= 11 is 6.03. The molecule has 0 atom stereocenters. The minimum absolute atomic E-state index is 0.224. The van der Waals surface area contributed by atoms with Crippen molar-refractivity contribution < 1.29 is 9.13 Å². The van der Waals surface area contributed by atoms with Crippen LogP contribution in [0.3, 0.4) is 0 Å². The first-order chi connectivity index (χ1) is 7.81. The van der Waals surface area contributed by atoms with Crippen molar-refractivity contribution in [3.8, 4) is 0 Å². The van der Waals surface area contributed by atoms with Crippen LogP contribution in [0, 0.1) is 12.7 Å². The minimum Gasteiger partial charge on any atom is -0.377 e. The summed E-state index contributed by atoms with van der Waals surface area (Å²) in [5, 5.41) is 0.580. The largest absolute Gasteiger partial charge is 0.377 e. The van der Waals surface area contributed by atoms with Crippen molar-refractivity contribution in [3.05, 3.63) is 34.1 Å². The van der Waals surface area contributed by atoms with E-state index in [1.165, 1.54) is 6.07 Å². The molecule has 0 bridgehead atoms. The molecule has 0 N–H and O–H groups in total. The molecule has 0 saturated carbocycles. The fourth-order valence-corrected chi connectivity index (χ4v) is 2.44. The molecule has 1 aromatic rings. The Morgan fingerprint density at radius 3 is 2.53 bits per heavy atom. The topological polar surface area (TPSA) is 9.23 Å². The maximum atomic E-state index is 13.4. The van der Waals surface area contributed by atoms with Crippen molar-refractivity contribution in [2.75, 3.05) is 6.61 Å². The van der Waals surface area contributed by atoms with Gasteiger partial charge in [-0.1, -0.05) is 31.2 Å². The molecule has 0 radical (unpaired) electrons. The molecule has 0 spiro atoms. The summed E-state index contributed by atoms with van der Waals surface area (Å²) in [5.74, 6) is -0.224. The Kier molecular flexibility index (Phi) is 5.16. The minimum atomic E-state index is -1.07. The summed E-state index contributed by atoms with van der Waals surface area (Å²) in [6, 6.07) is 4.09. The van der Waals surface area contributed by atoms with Crippen molar-refractivity contribution >= 4 is 19.7 Å². The average Bonchev–Trinajstić information content (AvgIpc) is 2.21. The summed E-state index contributed by atoms with van der Waals surface area (Å²) in [6.07, 6.45) is 0. The lowest BCUT2D eigenvalue weighted by Gasteiger charge is -2.16. The molecule has 0 fully saturated rings. The van der Waals surface area contributed by atoms with E-state index in [1.54, 1.807) is 13.0 Å². The van der Waals surface area contributed by atoms with E-state index in [2.05, 4.69) is 19.6 Å². The Balaban J connectivity index is 2.55. The second-order valence-corrected chi connectivity index (χ2v) is 11.5. The van der Waals surface area contributed by atoms with Crippen LogP contribution in [-0.4, -0.2) is 14.7 Å². The van der Waals surface area contributed by atoms with Gasteiger partial charge in [-0.25, -0.2) is 4.39 Å². The summed E-state index contributed by atoms with van der Waals surface area (Å²) in [5.41, 5.74) is 1.35. The van der Waals surface area contributed by atoms with Crippen LogP contribution in [0.1, 0.15) is 11.1 Å². The highest BCUT2D eigenvalue weighted by atomic mass is 35.5. The van der Waals surface area contributed by atoms with Gasteiger partial charge in [-0.3, -0.25) is 0 Å². The van der Waals surface area contributed by atoms with Crippen LogP contribution < -0.4 is 0 Å². The smallest absolute Gasteiger partial charge is 0.126 e. The first-order valence-electron chi connectivity index (χ1n) is 5.82. The van der Waals surface area contributed by atoms with E-state index in [4.69, 9.17) is 16.3 Å². The molecule has 0 saturated heterocycles. The van der Waals surface area contributed by atoms with Crippen molar-refractivity contribution in [1.82, 2.24) is 0 Å². The van der Waals surface area contributed by atoms with Gasteiger partial charge in [0.15, 0.2) is 0 Å². The van der Waals surface area contributed by atoms with E-state index in [0.717, 1.165) is 18.2 Å². The van der Waals surface area contributed by atoms with Crippen molar-refractivity contribution in [3.63, 3.8) is 0 Å². The van der Waals surface area contributed by atoms with Crippen LogP contribution in [0.4, 0.5) is 4.39 Å². The number of rotatable bonds is 5. The lowest BCUT2D eigenvalue weighted by Crippen LogP contribution is -2.21. The van der Waals surface area contributed by atoms with Gasteiger partial charge in [0.1, 0.15) is 5.82 Å². The Morgan fingerprint density at radius 2 is 1.94 bits per heavy atom. The van der Waals surface area contributed by atoms with Gasteiger partial charge in [0.05, 0.1) is 6.61 Å². The Hall–Kier alpha value is -0.383. The number of benzene rings is 1. The molecule has 17 heavy (non-hydrogen) atoms. The third-order valence-electron chi connectivity index (χ3n) is 2.72. The van der Waals surface area contributed by atoms with Gasteiger partial charge in [-0.15, -0.1) is 0 Å². The van der Waals surface area contributed by atoms with Crippen molar-refractivity contribution in [1.29, 1.82) is 0 Å². The monoisotopic (exact) mass is 274 g/mol. The maximum absolute atomic E-state index is 13.4. The standard InChI is InChI=1S/C13H20ClFOSi/c1-10-11(12(14)5-6-13(10)15)9-16-7-8-17(2,3)4/h5-6H,7-9H2,1-4H3. The third kappa shape index (κ3) is 4.78. The van der Waals surface area contributed by atoms with Crippen LogP contribution in [-0.2, 0) is 11.3 Å². The molecule has 1 rings (SSSR count). The van der Waals surface area contributed by atoms with E-state index in [0.29, 0.717) is 17.2 Å². The molecule has 1 nitrogen and oxygen atoms in total. The van der Waals surface area contributed by atoms with Gasteiger partial charge >= 0.3 is 0 Å². The first kappa shape index (κ1) is 14.7. The van der Waals surface area contributed by atoms with E-state index >= 15 is 0 Å². The lowest BCUT2D eigenvalue weighted by atomic mass is 10.1. The molecule has 0 aliphatic carbocycles. The zero-order chi connectivity index (χ0) is 13.1. The predicted octanol–water partition coefficient (Wildman–Crippen LogP) is 4.64. The molecular formula is C13H20ClFOSi. The summed E-state index contributed by atoms with van der Waals surface area (Å²) in [7, 11) is -1.07. The molecule has 0 aliphatic rings. The molecule has 0 aromatic heterocycles. The fourth-order valence-electron chi connectivity index (χ4n) is 1.42. The van der Waals surface area contributed by atoms with Gasteiger partial charge in [0.2, 0.25) is 0 Å². The number of ether oxygens (including phenoxy) is 1. The van der Waals surface area contributed by atoms with Crippen LogP contribution in [0.2, 0.25) is 30.7 Å². The van der Waals surface area contributed by atoms with Crippen LogP contribution in [0.5, 0.6) is 0 Å². The zero-order valence-electron chi connectivity index (χ0n) is 10.9. The number of halogens is 2. The van der Waals surface area contributed by atoms with Crippen molar-refractivity contribution in [2.24, 2.45) is 0 Å². The molecule has 0 unspecified atom stereocenters. The van der Waals surface area contributed by atoms with E-state index in [1.807, 2.05) is 0 Å². The average molecular weight is 275 g/mol. The number of hydrogen-bond donors (Lipinski definition) is 0. The van der Waals surface area contributed by atoms with E-state index < -0.39 is 8.07 Å². The molecule has 0 aliphatic heterocycles. The predicted molar refractivity (Wildman–Crippen MR) is 74.0 cm³/mol. The SMILES string of the molecule is Cc1c(F)ccc(Cl)c1COCC[Si](C)(C)C. The van der Waals surface area contributed by atoms with Gasteiger partial charge in [-0.05, 0) is 30.7 Å². The second kappa shape index (κ2) is 5.98. The quantitative estimate of drug-likeness (QED) is 0.561. The Bertz CT molecular complexity index is 388. The molecular weight excluding hydrogens is 255 g/mol. The van der Waals surface area contributed by atoms with Crippen LogP contribution in [0.15, 0.2) is 12.1 Å². The normalized spacial score (nSPS) is 11.9. The summed E-state index contributed by atoms with van der Waals surface area (Å²) < 4.78 is 18.9. The molecule has 1 aromatic carbocycles. The molecule has 0 heterocycles. The molecule has 4 heteroatoms. The highest BCUT2D eigenvalue weighted by molar-refractivity contribution is 6.76.